The predicted molar refractivity (Wildman–Crippen MR) is 93.6 cm³/mol. The Kier molecular flexibility index (Phi) is 4.73. The highest BCUT2D eigenvalue weighted by atomic mass is 16.2. The number of nitrogens with one attached hydrogen (secondary N) is 2. The average molecular weight is 340 g/mol. The van der Waals surface area contributed by atoms with E-state index in [2.05, 4.69) is 45.1 Å². The van der Waals surface area contributed by atoms with Crippen LogP contribution < -0.4 is 10.6 Å². The number of nitrogens with zero attached hydrogens (tertiary/aromatic N) is 6. The van der Waals surface area contributed by atoms with Crippen LogP contribution in [0, 0.1) is 12.8 Å². The van der Waals surface area contributed by atoms with Crippen LogP contribution in [0.15, 0.2) is 36.7 Å². The van der Waals surface area contributed by atoms with Crippen molar-refractivity contribution >= 4 is 17.4 Å². The van der Waals surface area contributed by atoms with Crippen LogP contribution in [0.1, 0.15) is 19.7 Å². The van der Waals surface area contributed by atoms with E-state index in [0.717, 1.165) is 12.2 Å². The van der Waals surface area contributed by atoms with Gasteiger partial charge in [-0.1, -0.05) is 19.9 Å². The number of carbonyl (C=O) groups excluding carboxylic acids is 1. The second-order valence-corrected chi connectivity index (χ2v) is 6.11. The molecule has 2 amide bonds. The molecule has 0 radical (unpaired) electrons. The number of rotatable bonds is 5. The SMILES string of the molecule is Cc1nnnn1-c1cccc(NC(=O)Nc2cnn(CC(C)C)c2)c1. The van der Waals surface area contributed by atoms with Crippen LogP contribution in [0.25, 0.3) is 5.69 Å². The molecule has 3 aromatic rings. The zero-order chi connectivity index (χ0) is 17.8. The Morgan fingerprint density at radius 3 is 2.76 bits per heavy atom. The van der Waals surface area contributed by atoms with Gasteiger partial charge in [0, 0.05) is 18.4 Å². The Bertz CT molecular complexity index is 866. The smallest absolute Gasteiger partial charge is 0.308 e. The quantitative estimate of drug-likeness (QED) is 0.743. The van der Waals surface area contributed by atoms with Crippen molar-refractivity contribution in [2.45, 2.75) is 27.3 Å². The number of anilines is 2. The van der Waals surface area contributed by atoms with Crippen LogP contribution in [-0.4, -0.2) is 36.0 Å². The van der Waals surface area contributed by atoms with E-state index in [4.69, 9.17) is 0 Å². The first kappa shape index (κ1) is 16.6. The highest BCUT2D eigenvalue weighted by molar-refractivity contribution is 5.99. The standard InChI is InChI=1S/C16H20N8O/c1-11(2)9-23-10-14(8-17-23)19-16(25)18-13-5-4-6-15(7-13)24-12(3)20-21-22-24/h4-8,10-11H,9H2,1-3H3,(H2,18,19,25). The van der Waals surface area contributed by atoms with Gasteiger partial charge in [0.2, 0.25) is 0 Å². The van der Waals surface area contributed by atoms with Crippen LogP contribution in [0.2, 0.25) is 0 Å². The molecule has 2 heterocycles. The van der Waals surface area contributed by atoms with Crippen molar-refractivity contribution in [2.75, 3.05) is 10.6 Å². The van der Waals surface area contributed by atoms with Crippen molar-refractivity contribution in [3.8, 4) is 5.69 Å². The normalized spacial score (nSPS) is 10.9. The van der Waals surface area contributed by atoms with Gasteiger partial charge in [-0.15, -0.1) is 5.10 Å². The molecule has 0 unspecified atom stereocenters. The summed E-state index contributed by atoms with van der Waals surface area (Å²) in [6.45, 7) is 6.83. The first-order valence-corrected chi connectivity index (χ1v) is 7.97. The second-order valence-electron chi connectivity index (χ2n) is 6.11. The molecule has 0 aliphatic carbocycles. The van der Waals surface area contributed by atoms with Crippen LogP contribution in [0.3, 0.4) is 0 Å². The van der Waals surface area contributed by atoms with E-state index < -0.39 is 0 Å². The summed E-state index contributed by atoms with van der Waals surface area (Å²) in [7, 11) is 0. The van der Waals surface area contributed by atoms with E-state index >= 15 is 0 Å². The maximum atomic E-state index is 12.2. The molecule has 0 saturated heterocycles. The van der Waals surface area contributed by atoms with Crippen LogP contribution in [0.4, 0.5) is 16.2 Å². The first-order chi connectivity index (χ1) is 12.0. The Hall–Kier alpha value is -3.23. The van der Waals surface area contributed by atoms with Gasteiger partial charge in [-0.3, -0.25) is 4.68 Å². The predicted octanol–water partition coefficient (Wildman–Crippen LogP) is 2.47. The molecule has 130 valence electrons. The van der Waals surface area contributed by atoms with E-state index in [-0.39, 0.29) is 6.03 Å². The zero-order valence-corrected chi connectivity index (χ0v) is 14.3. The summed E-state index contributed by atoms with van der Waals surface area (Å²) in [5.41, 5.74) is 2.05. The summed E-state index contributed by atoms with van der Waals surface area (Å²) < 4.78 is 3.40. The van der Waals surface area contributed by atoms with E-state index in [1.54, 1.807) is 33.9 Å². The van der Waals surface area contributed by atoms with Gasteiger partial charge < -0.3 is 10.6 Å². The molecule has 0 aliphatic heterocycles. The molecule has 0 bridgehead atoms. The molecule has 25 heavy (non-hydrogen) atoms. The number of amides is 2. The molecule has 0 atom stereocenters. The zero-order valence-electron chi connectivity index (χ0n) is 14.3. The molecule has 9 heteroatoms. The summed E-state index contributed by atoms with van der Waals surface area (Å²) >= 11 is 0. The second kappa shape index (κ2) is 7.12. The number of hydrogen-bond acceptors (Lipinski definition) is 5. The van der Waals surface area contributed by atoms with Crippen LogP contribution >= 0.6 is 0 Å². The Balaban J connectivity index is 1.65. The van der Waals surface area contributed by atoms with E-state index in [0.29, 0.717) is 23.1 Å². The number of aryl methyl sites for hydroxylation is 1. The van der Waals surface area contributed by atoms with Gasteiger partial charge >= 0.3 is 6.03 Å². The van der Waals surface area contributed by atoms with Crippen molar-refractivity contribution in [3.05, 3.63) is 42.5 Å². The highest BCUT2D eigenvalue weighted by Gasteiger charge is 2.08. The van der Waals surface area contributed by atoms with Crippen molar-refractivity contribution in [1.82, 2.24) is 30.0 Å². The molecule has 9 nitrogen and oxygen atoms in total. The molecule has 3 rings (SSSR count). The van der Waals surface area contributed by atoms with Gasteiger partial charge in [0.05, 0.1) is 17.6 Å². The third-order valence-corrected chi connectivity index (χ3v) is 3.42. The molecule has 0 saturated carbocycles. The molecule has 0 fully saturated rings. The molecular formula is C16H20N8O. The van der Waals surface area contributed by atoms with Gasteiger partial charge in [-0.2, -0.15) is 9.78 Å². The summed E-state index contributed by atoms with van der Waals surface area (Å²) in [5.74, 6) is 1.15. The van der Waals surface area contributed by atoms with Gasteiger partial charge in [0.15, 0.2) is 5.82 Å². The average Bonchev–Trinajstić information content (AvgIpc) is 3.16. The minimum Gasteiger partial charge on any atom is -0.308 e. The number of carbonyl (C=O) groups is 1. The van der Waals surface area contributed by atoms with Crippen LogP contribution in [-0.2, 0) is 6.54 Å². The lowest BCUT2D eigenvalue weighted by Gasteiger charge is -2.08. The molecule has 2 aromatic heterocycles. The minimum atomic E-state index is -0.338. The van der Waals surface area contributed by atoms with Gasteiger partial charge in [0.25, 0.3) is 0 Å². The number of hydrogen-bond donors (Lipinski definition) is 2. The number of aromatic nitrogens is 6. The number of urea groups is 1. The largest absolute Gasteiger partial charge is 0.323 e. The lowest BCUT2D eigenvalue weighted by Crippen LogP contribution is -2.19. The lowest BCUT2D eigenvalue weighted by atomic mass is 10.2. The highest BCUT2D eigenvalue weighted by Crippen LogP contribution is 2.15. The summed E-state index contributed by atoms with van der Waals surface area (Å²) in [6, 6.07) is 6.94. The van der Waals surface area contributed by atoms with Crippen molar-refractivity contribution in [1.29, 1.82) is 0 Å². The van der Waals surface area contributed by atoms with Crippen molar-refractivity contribution < 1.29 is 4.79 Å². The third kappa shape index (κ3) is 4.19. The van der Waals surface area contributed by atoms with E-state index in [1.165, 1.54) is 0 Å². The topological polar surface area (TPSA) is 103 Å². The summed E-state index contributed by atoms with van der Waals surface area (Å²) in [6.07, 6.45) is 3.43. The fourth-order valence-corrected chi connectivity index (χ4v) is 2.38. The van der Waals surface area contributed by atoms with Gasteiger partial charge in [0.1, 0.15) is 0 Å². The number of benzene rings is 1. The fraction of sp³-hybridized carbons (Fsp3) is 0.312. The van der Waals surface area contributed by atoms with Gasteiger partial charge in [-0.25, -0.2) is 4.79 Å². The Labute approximate surface area is 145 Å². The Morgan fingerprint density at radius 2 is 2.04 bits per heavy atom. The van der Waals surface area contributed by atoms with Crippen molar-refractivity contribution in [3.63, 3.8) is 0 Å². The third-order valence-electron chi connectivity index (χ3n) is 3.42. The van der Waals surface area contributed by atoms with Crippen LogP contribution in [0.5, 0.6) is 0 Å². The Morgan fingerprint density at radius 1 is 1.24 bits per heavy atom. The maximum Gasteiger partial charge on any atom is 0.323 e. The first-order valence-electron chi connectivity index (χ1n) is 7.97. The van der Waals surface area contributed by atoms with E-state index in [1.807, 2.05) is 19.1 Å². The van der Waals surface area contributed by atoms with E-state index in [9.17, 15) is 4.79 Å². The van der Waals surface area contributed by atoms with Crippen molar-refractivity contribution in [2.24, 2.45) is 5.92 Å². The molecule has 0 aliphatic rings. The lowest BCUT2D eigenvalue weighted by molar-refractivity contribution is 0.262. The van der Waals surface area contributed by atoms with Gasteiger partial charge in [-0.05, 0) is 41.5 Å². The number of tetrazole rings is 1. The molecule has 1 aromatic carbocycles. The molecule has 0 spiro atoms. The fourth-order valence-electron chi connectivity index (χ4n) is 2.38. The summed E-state index contributed by atoms with van der Waals surface area (Å²) in [4.78, 5) is 12.2. The summed E-state index contributed by atoms with van der Waals surface area (Å²) in [5, 5.41) is 21.2. The minimum absolute atomic E-state index is 0.338. The monoisotopic (exact) mass is 340 g/mol. The maximum absolute atomic E-state index is 12.2. The molecular weight excluding hydrogens is 320 g/mol. The molecule has 2 N–H and O–H groups in total.